The highest BCUT2D eigenvalue weighted by molar-refractivity contribution is 6.02. The molecule has 0 radical (unpaired) electrons. The first kappa shape index (κ1) is 33.3. The molecular weight excluding hydrogens is 604 g/mol. The molecule has 8 nitrogen and oxygen atoms in total. The number of carbonyl (C=O) groups excluding carboxylic acids is 2. The van der Waals surface area contributed by atoms with Crippen LogP contribution in [0.1, 0.15) is 55.4 Å². The van der Waals surface area contributed by atoms with Gasteiger partial charge in [0.1, 0.15) is 0 Å². The van der Waals surface area contributed by atoms with E-state index in [-0.39, 0.29) is 24.7 Å². The van der Waals surface area contributed by atoms with E-state index in [1.165, 1.54) is 41.0 Å². The Labute approximate surface area is 281 Å². The van der Waals surface area contributed by atoms with Crippen LogP contribution >= 0.6 is 0 Å². The zero-order valence-corrected chi connectivity index (χ0v) is 27.8. The van der Waals surface area contributed by atoms with Crippen molar-refractivity contribution in [3.05, 3.63) is 125 Å². The number of amides is 1. The highest BCUT2D eigenvalue weighted by Crippen LogP contribution is 2.42. The Balaban J connectivity index is 1.28. The monoisotopic (exact) mass is 646 g/mol. The summed E-state index contributed by atoms with van der Waals surface area (Å²) >= 11 is 0. The molecule has 1 aliphatic heterocycles. The van der Waals surface area contributed by atoms with Crippen molar-refractivity contribution in [2.75, 3.05) is 18.9 Å². The zero-order chi connectivity index (χ0) is 33.8. The van der Waals surface area contributed by atoms with Crippen LogP contribution in [-0.4, -0.2) is 47.7 Å². The minimum atomic E-state index is -0.931. The predicted octanol–water partition coefficient (Wildman–Crippen LogP) is 7.30. The van der Waals surface area contributed by atoms with Gasteiger partial charge in [-0.15, -0.1) is 0 Å². The van der Waals surface area contributed by atoms with Crippen LogP contribution in [0, 0.1) is 5.92 Å². The first-order valence-electron chi connectivity index (χ1n) is 16.4. The molecule has 0 aliphatic carbocycles. The SMILES string of the molecule is CC(=O)OC(C)C(=O)Nc1cccc(C2OC(CN(C)Cc3c4ccccc4cc4ccccc34)C(C)C(c3ccc(CO)cc3)O2)c1. The topological polar surface area (TPSA) is 97.3 Å². The summed E-state index contributed by atoms with van der Waals surface area (Å²) < 4.78 is 18.4. The molecule has 248 valence electrons. The van der Waals surface area contributed by atoms with E-state index in [1.807, 2.05) is 42.5 Å². The molecule has 1 aliphatic rings. The Morgan fingerprint density at radius 3 is 2.19 bits per heavy atom. The van der Waals surface area contributed by atoms with E-state index >= 15 is 0 Å². The minimum Gasteiger partial charge on any atom is -0.453 e. The molecule has 1 heterocycles. The number of hydrogen-bond acceptors (Lipinski definition) is 7. The summed E-state index contributed by atoms with van der Waals surface area (Å²) in [6, 6.07) is 34.5. The summed E-state index contributed by atoms with van der Waals surface area (Å²) in [6.45, 7) is 6.31. The summed E-state index contributed by atoms with van der Waals surface area (Å²) in [7, 11) is 2.13. The molecule has 1 fully saturated rings. The second-order valence-corrected chi connectivity index (χ2v) is 12.7. The van der Waals surface area contributed by atoms with Gasteiger partial charge in [0.15, 0.2) is 12.4 Å². The maximum atomic E-state index is 12.7. The summed E-state index contributed by atoms with van der Waals surface area (Å²) in [5.41, 5.74) is 4.41. The molecule has 2 N–H and O–H groups in total. The van der Waals surface area contributed by atoms with Crippen molar-refractivity contribution >= 4 is 39.1 Å². The van der Waals surface area contributed by atoms with Crippen molar-refractivity contribution in [2.45, 2.75) is 58.5 Å². The van der Waals surface area contributed by atoms with E-state index in [4.69, 9.17) is 14.2 Å². The molecule has 0 saturated carbocycles. The number of aliphatic hydroxyl groups is 1. The van der Waals surface area contributed by atoms with Crippen LogP contribution in [0.5, 0.6) is 0 Å². The number of hydrogen-bond donors (Lipinski definition) is 2. The van der Waals surface area contributed by atoms with Crippen molar-refractivity contribution in [1.29, 1.82) is 0 Å². The highest BCUT2D eigenvalue weighted by atomic mass is 16.7. The van der Waals surface area contributed by atoms with Crippen molar-refractivity contribution in [1.82, 2.24) is 4.90 Å². The molecule has 48 heavy (non-hydrogen) atoms. The summed E-state index contributed by atoms with van der Waals surface area (Å²) in [5, 5.41) is 17.4. The van der Waals surface area contributed by atoms with E-state index in [1.54, 1.807) is 6.07 Å². The van der Waals surface area contributed by atoms with Crippen molar-refractivity contribution in [3.8, 4) is 0 Å². The predicted molar refractivity (Wildman–Crippen MR) is 187 cm³/mol. The number of esters is 1. The Bertz CT molecular complexity index is 1850. The Morgan fingerprint density at radius 1 is 0.875 bits per heavy atom. The molecule has 5 aromatic carbocycles. The number of aliphatic hydroxyl groups excluding tert-OH is 1. The molecule has 0 bridgehead atoms. The summed E-state index contributed by atoms with van der Waals surface area (Å²) in [5.74, 6) is -0.948. The fourth-order valence-electron chi connectivity index (χ4n) is 6.56. The van der Waals surface area contributed by atoms with Crippen LogP contribution in [0.4, 0.5) is 5.69 Å². The average molecular weight is 647 g/mol. The Kier molecular flexibility index (Phi) is 10.2. The lowest BCUT2D eigenvalue weighted by Crippen LogP contribution is -2.43. The van der Waals surface area contributed by atoms with Gasteiger partial charge in [-0.2, -0.15) is 0 Å². The van der Waals surface area contributed by atoms with Gasteiger partial charge in [0, 0.05) is 37.2 Å². The molecular formula is C40H42N2O6. The lowest BCUT2D eigenvalue weighted by Gasteiger charge is -2.42. The van der Waals surface area contributed by atoms with E-state index in [0.29, 0.717) is 12.2 Å². The maximum absolute atomic E-state index is 12.7. The van der Waals surface area contributed by atoms with Gasteiger partial charge < -0.3 is 24.6 Å². The van der Waals surface area contributed by atoms with Crippen LogP contribution in [-0.2, 0) is 37.0 Å². The van der Waals surface area contributed by atoms with Crippen molar-refractivity contribution < 1.29 is 28.9 Å². The van der Waals surface area contributed by atoms with E-state index in [2.05, 4.69) is 78.8 Å². The third-order valence-corrected chi connectivity index (χ3v) is 9.06. The first-order chi connectivity index (χ1) is 23.2. The highest BCUT2D eigenvalue weighted by Gasteiger charge is 2.39. The van der Waals surface area contributed by atoms with Crippen LogP contribution in [0.15, 0.2) is 103 Å². The second-order valence-electron chi connectivity index (χ2n) is 12.7. The molecule has 0 aromatic heterocycles. The van der Waals surface area contributed by atoms with Gasteiger partial charge in [0.05, 0.1) is 18.8 Å². The van der Waals surface area contributed by atoms with Gasteiger partial charge >= 0.3 is 5.97 Å². The molecule has 8 heteroatoms. The fraction of sp³-hybridized carbons (Fsp3) is 0.300. The lowest BCUT2D eigenvalue weighted by molar-refractivity contribution is -0.276. The van der Waals surface area contributed by atoms with Crippen LogP contribution in [0.25, 0.3) is 21.5 Å². The molecule has 5 unspecified atom stereocenters. The number of rotatable bonds is 10. The fourth-order valence-corrected chi connectivity index (χ4v) is 6.56. The molecule has 1 saturated heterocycles. The van der Waals surface area contributed by atoms with E-state index in [0.717, 1.165) is 23.2 Å². The molecule has 5 aromatic rings. The minimum absolute atomic E-state index is 0.000373. The van der Waals surface area contributed by atoms with Gasteiger partial charge in [-0.3, -0.25) is 14.5 Å². The van der Waals surface area contributed by atoms with Gasteiger partial charge in [-0.05, 0) is 70.4 Å². The van der Waals surface area contributed by atoms with Crippen molar-refractivity contribution in [2.24, 2.45) is 5.92 Å². The Morgan fingerprint density at radius 2 is 1.54 bits per heavy atom. The number of benzene rings is 5. The van der Waals surface area contributed by atoms with Gasteiger partial charge in [-0.1, -0.05) is 91.9 Å². The number of fused-ring (bicyclic) bond motifs is 2. The number of nitrogens with one attached hydrogen (secondary N) is 1. The molecule has 1 amide bonds. The number of anilines is 1. The van der Waals surface area contributed by atoms with Gasteiger partial charge in [-0.25, -0.2) is 0 Å². The smallest absolute Gasteiger partial charge is 0.303 e. The number of nitrogens with zero attached hydrogens (tertiary/aromatic N) is 1. The maximum Gasteiger partial charge on any atom is 0.303 e. The molecule has 0 spiro atoms. The number of likely N-dealkylation sites (N-methyl/N-ethyl adjacent to an activating group) is 1. The Hall–Kier alpha value is -4.60. The van der Waals surface area contributed by atoms with Crippen LogP contribution in [0.3, 0.4) is 0 Å². The lowest BCUT2D eigenvalue weighted by atomic mass is 9.89. The first-order valence-corrected chi connectivity index (χ1v) is 16.4. The third-order valence-electron chi connectivity index (χ3n) is 9.06. The molecule has 5 atom stereocenters. The largest absolute Gasteiger partial charge is 0.453 e. The van der Waals surface area contributed by atoms with E-state index in [9.17, 15) is 14.7 Å². The van der Waals surface area contributed by atoms with Gasteiger partial charge in [0.25, 0.3) is 5.91 Å². The van der Waals surface area contributed by atoms with Gasteiger partial charge in [0.2, 0.25) is 0 Å². The second kappa shape index (κ2) is 14.7. The zero-order valence-electron chi connectivity index (χ0n) is 27.8. The number of carbonyl (C=O) groups is 2. The number of ether oxygens (including phenoxy) is 3. The normalized spacial score (nSPS) is 20.1. The average Bonchev–Trinajstić information content (AvgIpc) is 3.09. The quantitative estimate of drug-likeness (QED) is 0.121. The molecule has 6 rings (SSSR count). The summed E-state index contributed by atoms with van der Waals surface area (Å²) in [4.78, 5) is 26.4. The van der Waals surface area contributed by atoms with Crippen LogP contribution in [0.2, 0.25) is 0 Å². The van der Waals surface area contributed by atoms with Crippen molar-refractivity contribution in [3.63, 3.8) is 0 Å². The van der Waals surface area contributed by atoms with Crippen LogP contribution < -0.4 is 5.32 Å². The summed E-state index contributed by atoms with van der Waals surface area (Å²) in [6.07, 6.45) is -2.11. The van der Waals surface area contributed by atoms with E-state index < -0.39 is 24.3 Å². The standard InChI is InChI=1S/C40H42N2O6/c1-25-37(23-42(4)22-36-34-14-7-5-10-30(34)20-31-11-6-8-15-35(31)36)47-40(48-38(25)29-18-16-28(24-43)17-19-29)32-12-9-13-33(21-32)41-39(45)26(2)46-27(3)44/h5-21,25-26,37-38,40,43H,22-24H2,1-4H3,(H,41,45). The third kappa shape index (κ3) is 7.42.